The number of carbonyl (C=O) groups is 4. The third-order valence-corrected chi connectivity index (χ3v) is 4.75. The van der Waals surface area contributed by atoms with Crippen molar-refractivity contribution in [1.82, 2.24) is 5.32 Å². The van der Waals surface area contributed by atoms with E-state index in [1.165, 1.54) is 6.07 Å². The molecular formula is C22H22N2O5. The third-order valence-electron chi connectivity index (χ3n) is 4.75. The molecule has 1 aliphatic rings. The zero-order valence-electron chi connectivity index (χ0n) is 16.3. The fraction of sp³-hybridized carbons (Fsp3) is 0.273. The van der Waals surface area contributed by atoms with Gasteiger partial charge in [-0.2, -0.15) is 0 Å². The molecule has 0 saturated carbocycles. The van der Waals surface area contributed by atoms with Gasteiger partial charge in [0.05, 0.1) is 17.3 Å². The number of para-hydroxylation sites is 1. The molecular weight excluding hydrogens is 372 g/mol. The Kier molecular flexibility index (Phi) is 6.07. The molecule has 0 saturated heterocycles. The molecule has 0 fully saturated rings. The first-order valence-electron chi connectivity index (χ1n) is 9.37. The van der Waals surface area contributed by atoms with E-state index in [-0.39, 0.29) is 11.6 Å². The van der Waals surface area contributed by atoms with Crippen LogP contribution >= 0.6 is 0 Å². The van der Waals surface area contributed by atoms with Gasteiger partial charge in [0, 0.05) is 0 Å². The summed E-state index contributed by atoms with van der Waals surface area (Å²) in [6.07, 6.45) is 0.684. The minimum atomic E-state index is -0.780. The second kappa shape index (κ2) is 8.68. The highest BCUT2D eigenvalue weighted by atomic mass is 16.5. The highest BCUT2D eigenvalue weighted by Crippen LogP contribution is 2.28. The number of hydrogen-bond acceptors (Lipinski definition) is 5. The predicted molar refractivity (Wildman–Crippen MR) is 106 cm³/mol. The molecule has 7 nitrogen and oxygen atoms in total. The first-order valence-corrected chi connectivity index (χ1v) is 9.37. The van der Waals surface area contributed by atoms with Gasteiger partial charge in [-0.25, -0.2) is 0 Å². The number of benzene rings is 2. The fourth-order valence-electron chi connectivity index (χ4n) is 3.18. The summed E-state index contributed by atoms with van der Waals surface area (Å²) in [7, 11) is 0. The Morgan fingerprint density at radius 3 is 2.45 bits per heavy atom. The lowest BCUT2D eigenvalue weighted by atomic mass is 10.0. The first kappa shape index (κ1) is 20.3. The zero-order valence-corrected chi connectivity index (χ0v) is 16.3. The maximum Gasteiger partial charge on any atom is 0.326 e. The number of carbonyl (C=O) groups excluding carboxylic acids is 4. The Hall–Kier alpha value is -3.48. The summed E-state index contributed by atoms with van der Waals surface area (Å²) in [5.74, 6) is -2.63. The molecule has 150 valence electrons. The number of rotatable bonds is 7. The standard InChI is InChI=1S/C22H22N2O5/c1-3-17(15-10-8-14(2)9-11-15)23-19(25)13-29-20(26)12-24-18-7-5-4-6-16(18)21(27)22(24)28/h4-11,17H,3,12-13H2,1-2H3,(H,23,25)/t17-/m1/s1. The minimum Gasteiger partial charge on any atom is -0.454 e. The van der Waals surface area contributed by atoms with E-state index < -0.39 is 36.7 Å². The maximum atomic E-state index is 12.2. The lowest BCUT2D eigenvalue weighted by Gasteiger charge is -2.18. The van der Waals surface area contributed by atoms with Crippen LogP contribution in [0.1, 0.15) is 40.9 Å². The van der Waals surface area contributed by atoms with E-state index in [0.717, 1.165) is 16.0 Å². The molecule has 3 rings (SSSR count). The van der Waals surface area contributed by atoms with E-state index in [2.05, 4.69) is 5.32 Å². The van der Waals surface area contributed by atoms with Crippen LogP contribution in [0.3, 0.4) is 0 Å². The van der Waals surface area contributed by atoms with Crippen molar-refractivity contribution in [3.63, 3.8) is 0 Å². The Morgan fingerprint density at radius 1 is 1.07 bits per heavy atom. The van der Waals surface area contributed by atoms with Crippen LogP contribution in [0.2, 0.25) is 0 Å². The molecule has 0 aromatic heterocycles. The van der Waals surface area contributed by atoms with Gasteiger partial charge in [-0.3, -0.25) is 24.1 Å². The van der Waals surface area contributed by atoms with Crippen molar-refractivity contribution in [2.45, 2.75) is 26.3 Å². The van der Waals surface area contributed by atoms with Crippen molar-refractivity contribution in [1.29, 1.82) is 0 Å². The molecule has 0 radical (unpaired) electrons. The number of esters is 1. The highest BCUT2D eigenvalue weighted by Gasteiger charge is 2.36. The van der Waals surface area contributed by atoms with Crippen LogP contribution in [0.25, 0.3) is 0 Å². The Bertz CT molecular complexity index is 952. The largest absolute Gasteiger partial charge is 0.454 e. The number of aryl methyl sites for hydroxylation is 1. The fourth-order valence-corrected chi connectivity index (χ4v) is 3.18. The molecule has 2 aromatic carbocycles. The van der Waals surface area contributed by atoms with E-state index in [4.69, 9.17) is 4.74 Å². The van der Waals surface area contributed by atoms with Gasteiger partial charge in [0.2, 0.25) is 0 Å². The molecule has 0 unspecified atom stereocenters. The summed E-state index contributed by atoms with van der Waals surface area (Å²) in [6, 6.07) is 14.1. The molecule has 29 heavy (non-hydrogen) atoms. The van der Waals surface area contributed by atoms with Crippen molar-refractivity contribution >= 4 is 29.3 Å². The summed E-state index contributed by atoms with van der Waals surface area (Å²) >= 11 is 0. The number of hydrogen-bond donors (Lipinski definition) is 1. The van der Waals surface area contributed by atoms with Crippen molar-refractivity contribution in [2.75, 3.05) is 18.1 Å². The lowest BCUT2D eigenvalue weighted by molar-refractivity contribution is -0.147. The molecule has 0 bridgehead atoms. The normalized spacial score (nSPS) is 13.8. The first-order chi connectivity index (χ1) is 13.9. The number of amides is 2. The van der Waals surface area contributed by atoms with E-state index >= 15 is 0 Å². The molecule has 1 atom stereocenters. The molecule has 1 heterocycles. The number of nitrogens with zero attached hydrogens (tertiary/aromatic N) is 1. The van der Waals surface area contributed by atoms with Crippen LogP contribution in [0.4, 0.5) is 5.69 Å². The SMILES string of the molecule is CC[C@@H](NC(=O)COC(=O)CN1C(=O)C(=O)c2ccccc21)c1ccc(C)cc1. The molecule has 1 N–H and O–H groups in total. The van der Waals surface area contributed by atoms with Gasteiger partial charge in [-0.15, -0.1) is 0 Å². The predicted octanol–water partition coefficient (Wildman–Crippen LogP) is 2.34. The van der Waals surface area contributed by atoms with E-state index in [0.29, 0.717) is 12.1 Å². The highest BCUT2D eigenvalue weighted by molar-refractivity contribution is 6.52. The van der Waals surface area contributed by atoms with Gasteiger partial charge in [0.25, 0.3) is 17.6 Å². The smallest absolute Gasteiger partial charge is 0.326 e. The van der Waals surface area contributed by atoms with E-state index in [9.17, 15) is 19.2 Å². The average Bonchev–Trinajstić information content (AvgIpc) is 2.96. The van der Waals surface area contributed by atoms with E-state index in [1.807, 2.05) is 38.1 Å². The van der Waals surface area contributed by atoms with Crippen LogP contribution < -0.4 is 10.2 Å². The summed E-state index contributed by atoms with van der Waals surface area (Å²) in [6.45, 7) is 3.05. The van der Waals surface area contributed by atoms with Gasteiger partial charge < -0.3 is 10.1 Å². The summed E-state index contributed by atoms with van der Waals surface area (Å²) in [5.41, 5.74) is 2.72. The van der Waals surface area contributed by atoms with Crippen LogP contribution in [-0.2, 0) is 19.1 Å². The van der Waals surface area contributed by atoms with Crippen molar-refractivity contribution < 1.29 is 23.9 Å². The van der Waals surface area contributed by atoms with Gasteiger partial charge in [0.15, 0.2) is 6.61 Å². The van der Waals surface area contributed by atoms with Crippen molar-refractivity contribution in [3.8, 4) is 0 Å². The molecule has 7 heteroatoms. The number of anilines is 1. The molecule has 1 aliphatic heterocycles. The average molecular weight is 394 g/mol. The van der Waals surface area contributed by atoms with Gasteiger partial charge >= 0.3 is 5.97 Å². The topological polar surface area (TPSA) is 92.8 Å². The van der Waals surface area contributed by atoms with Crippen LogP contribution in [0, 0.1) is 6.92 Å². The number of ketones is 1. The van der Waals surface area contributed by atoms with Crippen molar-refractivity contribution in [2.24, 2.45) is 0 Å². The Labute approximate surface area is 168 Å². The molecule has 2 amide bonds. The van der Waals surface area contributed by atoms with E-state index in [1.54, 1.807) is 18.2 Å². The number of fused-ring (bicyclic) bond motifs is 1. The Balaban J connectivity index is 1.54. The monoisotopic (exact) mass is 394 g/mol. The van der Waals surface area contributed by atoms with Gasteiger partial charge in [-0.1, -0.05) is 48.9 Å². The molecule has 0 aliphatic carbocycles. The second-order valence-electron chi connectivity index (χ2n) is 6.84. The van der Waals surface area contributed by atoms with Crippen LogP contribution in [-0.4, -0.2) is 36.7 Å². The van der Waals surface area contributed by atoms with Gasteiger partial charge in [-0.05, 0) is 31.0 Å². The number of nitrogens with one attached hydrogen (secondary N) is 1. The minimum absolute atomic E-state index is 0.188. The van der Waals surface area contributed by atoms with Crippen molar-refractivity contribution in [3.05, 3.63) is 65.2 Å². The number of Topliss-reactive ketones (excluding diaryl/α,β-unsaturated/α-hetero) is 1. The zero-order chi connectivity index (χ0) is 21.0. The summed E-state index contributed by atoms with van der Waals surface area (Å²) < 4.78 is 5.01. The second-order valence-corrected chi connectivity index (χ2v) is 6.84. The summed E-state index contributed by atoms with van der Waals surface area (Å²) in [4.78, 5) is 49.4. The summed E-state index contributed by atoms with van der Waals surface area (Å²) in [5, 5.41) is 2.83. The molecule has 0 spiro atoms. The molecule has 2 aromatic rings. The quantitative estimate of drug-likeness (QED) is 0.575. The van der Waals surface area contributed by atoms with Gasteiger partial charge in [0.1, 0.15) is 6.54 Å². The third kappa shape index (κ3) is 4.51. The van der Waals surface area contributed by atoms with Crippen LogP contribution in [0.15, 0.2) is 48.5 Å². The van der Waals surface area contributed by atoms with Crippen LogP contribution in [0.5, 0.6) is 0 Å². The lowest BCUT2D eigenvalue weighted by Crippen LogP contribution is -2.37. The Morgan fingerprint density at radius 2 is 1.76 bits per heavy atom. The number of ether oxygens (including phenoxy) is 1. The maximum absolute atomic E-state index is 12.2.